The van der Waals surface area contributed by atoms with Crippen LogP contribution in [0.25, 0.3) is 0 Å². The summed E-state index contributed by atoms with van der Waals surface area (Å²) in [6.45, 7) is 5.38. The lowest BCUT2D eigenvalue weighted by Gasteiger charge is -2.22. The molecule has 0 atom stereocenters. The van der Waals surface area contributed by atoms with Gasteiger partial charge in [-0.15, -0.1) is 0 Å². The summed E-state index contributed by atoms with van der Waals surface area (Å²) in [6.07, 6.45) is 6.63. The van der Waals surface area contributed by atoms with E-state index in [0.717, 1.165) is 44.8 Å². The standard InChI is InChI=1S/C19H28N2O/c22-19(9-4-8-17-6-2-1-3-7-17)21-13-5-12-20(14-15-21)16-18-10-11-18/h1-3,6-7,18H,4-5,8-16H2. The predicted octanol–water partition coefficient (Wildman–Crippen LogP) is 2.95. The Morgan fingerprint density at radius 2 is 1.86 bits per heavy atom. The zero-order chi connectivity index (χ0) is 15.2. The molecule has 1 aliphatic heterocycles. The first-order valence-electron chi connectivity index (χ1n) is 8.85. The molecule has 2 aliphatic rings. The van der Waals surface area contributed by atoms with Crippen LogP contribution < -0.4 is 0 Å². The number of amides is 1. The number of rotatable bonds is 6. The molecule has 1 saturated carbocycles. The maximum absolute atomic E-state index is 12.4. The second-order valence-corrected chi connectivity index (χ2v) is 6.82. The molecule has 1 amide bonds. The number of carbonyl (C=O) groups excluding carboxylic acids is 1. The largest absolute Gasteiger partial charge is 0.341 e. The third kappa shape index (κ3) is 4.84. The normalized spacial score (nSPS) is 19.9. The first-order chi connectivity index (χ1) is 10.8. The molecule has 22 heavy (non-hydrogen) atoms. The smallest absolute Gasteiger partial charge is 0.222 e. The number of carbonyl (C=O) groups is 1. The molecular weight excluding hydrogens is 272 g/mol. The fraction of sp³-hybridized carbons (Fsp3) is 0.632. The van der Waals surface area contributed by atoms with Gasteiger partial charge in [-0.3, -0.25) is 4.79 Å². The summed E-state index contributed by atoms with van der Waals surface area (Å²) >= 11 is 0. The Bertz CT molecular complexity index is 470. The Balaban J connectivity index is 1.38. The molecule has 0 radical (unpaired) electrons. The molecule has 1 saturated heterocycles. The van der Waals surface area contributed by atoms with E-state index in [2.05, 4.69) is 34.1 Å². The van der Waals surface area contributed by atoms with Gasteiger partial charge in [0.1, 0.15) is 0 Å². The SMILES string of the molecule is O=C(CCCc1ccccc1)N1CCCN(CC2CC2)CC1. The van der Waals surface area contributed by atoms with Crippen LogP contribution in [-0.2, 0) is 11.2 Å². The highest BCUT2D eigenvalue weighted by Crippen LogP contribution is 2.29. The maximum atomic E-state index is 12.4. The quantitative estimate of drug-likeness (QED) is 0.806. The number of benzene rings is 1. The van der Waals surface area contributed by atoms with Crippen LogP contribution in [0.5, 0.6) is 0 Å². The van der Waals surface area contributed by atoms with Gasteiger partial charge in [0.2, 0.25) is 5.91 Å². The van der Waals surface area contributed by atoms with E-state index in [-0.39, 0.29) is 0 Å². The molecule has 0 bridgehead atoms. The van der Waals surface area contributed by atoms with Crippen molar-refractivity contribution in [1.29, 1.82) is 0 Å². The highest BCUT2D eigenvalue weighted by molar-refractivity contribution is 5.76. The number of nitrogens with zero attached hydrogens (tertiary/aromatic N) is 2. The van der Waals surface area contributed by atoms with Crippen molar-refractivity contribution in [2.45, 2.75) is 38.5 Å². The second-order valence-electron chi connectivity index (χ2n) is 6.82. The number of aryl methyl sites for hydroxylation is 1. The van der Waals surface area contributed by atoms with Crippen LogP contribution in [0, 0.1) is 5.92 Å². The first kappa shape index (κ1) is 15.5. The van der Waals surface area contributed by atoms with E-state index in [1.807, 2.05) is 6.07 Å². The summed E-state index contributed by atoms with van der Waals surface area (Å²) in [6, 6.07) is 10.5. The molecule has 1 aromatic carbocycles. The van der Waals surface area contributed by atoms with Crippen LogP contribution in [0.3, 0.4) is 0 Å². The zero-order valence-electron chi connectivity index (χ0n) is 13.5. The van der Waals surface area contributed by atoms with Gasteiger partial charge < -0.3 is 9.80 Å². The molecule has 0 unspecified atom stereocenters. The lowest BCUT2D eigenvalue weighted by molar-refractivity contribution is -0.131. The van der Waals surface area contributed by atoms with Crippen molar-refractivity contribution in [3.05, 3.63) is 35.9 Å². The molecule has 2 fully saturated rings. The van der Waals surface area contributed by atoms with Crippen molar-refractivity contribution in [3.8, 4) is 0 Å². The molecule has 0 aromatic heterocycles. The van der Waals surface area contributed by atoms with Gasteiger partial charge in [0.25, 0.3) is 0 Å². The molecule has 1 aliphatic carbocycles. The van der Waals surface area contributed by atoms with Crippen LogP contribution in [0.4, 0.5) is 0 Å². The molecule has 3 rings (SSSR count). The van der Waals surface area contributed by atoms with Gasteiger partial charge in [0.15, 0.2) is 0 Å². The molecule has 3 heteroatoms. The van der Waals surface area contributed by atoms with Crippen LogP contribution in [-0.4, -0.2) is 48.4 Å². The highest BCUT2D eigenvalue weighted by Gasteiger charge is 2.26. The number of hydrogen-bond donors (Lipinski definition) is 0. The summed E-state index contributed by atoms with van der Waals surface area (Å²) in [5.74, 6) is 1.30. The van der Waals surface area contributed by atoms with E-state index in [9.17, 15) is 4.79 Å². The molecular formula is C19H28N2O. The minimum atomic E-state index is 0.351. The van der Waals surface area contributed by atoms with E-state index in [0.29, 0.717) is 12.3 Å². The third-order valence-corrected chi connectivity index (χ3v) is 4.85. The average molecular weight is 300 g/mol. The Kier molecular flexibility index (Phi) is 5.49. The van der Waals surface area contributed by atoms with Crippen LogP contribution in [0.1, 0.15) is 37.7 Å². The summed E-state index contributed by atoms with van der Waals surface area (Å²) in [4.78, 5) is 17.0. The van der Waals surface area contributed by atoms with Gasteiger partial charge in [-0.1, -0.05) is 30.3 Å². The van der Waals surface area contributed by atoms with Gasteiger partial charge in [0.05, 0.1) is 0 Å². The van der Waals surface area contributed by atoms with Crippen molar-refractivity contribution in [1.82, 2.24) is 9.80 Å². The average Bonchev–Trinajstić information content (AvgIpc) is 3.36. The minimum absolute atomic E-state index is 0.351. The lowest BCUT2D eigenvalue weighted by atomic mass is 10.1. The third-order valence-electron chi connectivity index (χ3n) is 4.85. The molecule has 1 aromatic rings. The molecule has 1 heterocycles. The summed E-state index contributed by atoms with van der Waals surface area (Å²) in [5.41, 5.74) is 1.33. The molecule has 3 nitrogen and oxygen atoms in total. The van der Waals surface area contributed by atoms with E-state index < -0.39 is 0 Å². The molecule has 0 spiro atoms. The van der Waals surface area contributed by atoms with Crippen molar-refractivity contribution in [2.24, 2.45) is 5.92 Å². The van der Waals surface area contributed by atoms with Gasteiger partial charge in [-0.2, -0.15) is 0 Å². The lowest BCUT2D eigenvalue weighted by Crippen LogP contribution is -2.35. The zero-order valence-corrected chi connectivity index (χ0v) is 13.5. The first-order valence-corrected chi connectivity index (χ1v) is 8.85. The summed E-state index contributed by atoms with van der Waals surface area (Å²) in [5, 5.41) is 0. The summed E-state index contributed by atoms with van der Waals surface area (Å²) < 4.78 is 0. The fourth-order valence-electron chi connectivity index (χ4n) is 3.31. The topological polar surface area (TPSA) is 23.6 Å². The van der Waals surface area contributed by atoms with Crippen LogP contribution >= 0.6 is 0 Å². The predicted molar refractivity (Wildman–Crippen MR) is 89.7 cm³/mol. The molecule has 0 N–H and O–H groups in total. The van der Waals surface area contributed by atoms with E-state index in [1.165, 1.54) is 31.5 Å². The van der Waals surface area contributed by atoms with E-state index >= 15 is 0 Å². The Morgan fingerprint density at radius 1 is 1.05 bits per heavy atom. The van der Waals surface area contributed by atoms with Crippen molar-refractivity contribution < 1.29 is 4.79 Å². The minimum Gasteiger partial charge on any atom is -0.341 e. The van der Waals surface area contributed by atoms with Gasteiger partial charge >= 0.3 is 0 Å². The van der Waals surface area contributed by atoms with E-state index in [1.54, 1.807) is 0 Å². The van der Waals surface area contributed by atoms with Crippen molar-refractivity contribution >= 4 is 5.91 Å². The fourth-order valence-corrected chi connectivity index (χ4v) is 3.31. The van der Waals surface area contributed by atoms with Gasteiger partial charge in [0, 0.05) is 32.6 Å². The van der Waals surface area contributed by atoms with Gasteiger partial charge in [-0.05, 0) is 50.1 Å². The number of hydrogen-bond acceptors (Lipinski definition) is 2. The molecule has 120 valence electrons. The second kappa shape index (κ2) is 7.77. The van der Waals surface area contributed by atoms with Gasteiger partial charge in [-0.25, -0.2) is 0 Å². The van der Waals surface area contributed by atoms with Crippen LogP contribution in [0.15, 0.2) is 30.3 Å². The van der Waals surface area contributed by atoms with E-state index in [4.69, 9.17) is 0 Å². The highest BCUT2D eigenvalue weighted by atomic mass is 16.2. The monoisotopic (exact) mass is 300 g/mol. The maximum Gasteiger partial charge on any atom is 0.222 e. The Hall–Kier alpha value is -1.35. The van der Waals surface area contributed by atoms with Crippen molar-refractivity contribution in [3.63, 3.8) is 0 Å². The van der Waals surface area contributed by atoms with Crippen molar-refractivity contribution in [2.75, 3.05) is 32.7 Å². The Labute approximate surface area is 134 Å². The Morgan fingerprint density at radius 3 is 2.64 bits per heavy atom. The van der Waals surface area contributed by atoms with Crippen LogP contribution in [0.2, 0.25) is 0 Å². The summed E-state index contributed by atoms with van der Waals surface area (Å²) in [7, 11) is 0.